The molecule has 4 heteroatoms. The van der Waals surface area contributed by atoms with Gasteiger partial charge in [0, 0.05) is 18.8 Å². The van der Waals surface area contributed by atoms with Gasteiger partial charge < -0.3 is 20.5 Å². The minimum atomic E-state index is 0.141. The van der Waals surface area contributed by atoms with Crippen LogP contribution < -0.4 is 10.6 Å². The molecule has 0 aliphatic carbocycles. The summed E-state index contributed by atoms with van der Waals surface area (Å²) in [5.74, 6) is 0.141. The van der Waals surface area contributed by atoms with Gasteiger partial charge in [-0.3, -0.25) is 0 Å². The van der Waals surface area contributed by atoms with Crippen LogP contribution in [0.4, 0.5) is 11.4 Å². The second-order valence-corrected chi connectivity index (χ2v) is 3.34. The molecule has 1 heterocycles. The van der Waals surface area contributed by atoms with Crippen molar-refractivity contribution in [2.45, 2.75) is 0 Å². The number of phenols is 1. The summed E-state index contributed by atoms with van der Waals surface area (Å²) in [5, 5.41) is 9.27. The van der Waals surface area contributed by atoms with E-state index in [0.29, 0.717) is 5.69 Å². The first-order valence-electron chi connectivity index (χ1n) is 4.68. The molecule has 0 atom stereocenters. The van der Waals surface area contributed by atoms with Crippen molar-refractivity contribution in [3.8, 4) is 5.75 Å². The van der Waals surface area contributed by atoms with Gasteiger partial charge in [0.2, 0.25) is 0 Å². The normalized spacial score (nSPS) is 17.0. The summed E-state index contributed by atoms with van der Waals surface area (Å²) in [5.41, 5.74) is 7.09. The average Bonchev–Trinajstić information content (AvgIpc) is 2.23. The number of hydrogen-bond acceptors (Lipinski definition) is 4. The number of nitrogen functional groups attached to an aromatic ring is 1. The van der Waals surface area contributed by atoms with Gasteiger partial charge in [0.25, 0.3) is 0 Å². The fourth-order valence-corrected chi connectivity index (χ4v) is 1.56. The molecule has 3 N–H and O–H groups in total. The summed E-state index contributed by atoms with van der Waals surface area (Å²) in [7, 11) is 0. The van der Waals surface area contributed by atoms with Crippen molar-refractivity contribution in [2.75, 3.05) is 36.9 Å². The third-order valence-corrected chi connectivity index (χ3v) is 2.39. The molecule has 0 spiro atoms. The number of hydrogen-bond donors (Lipinski definition) is 2. The maximum atomic E-state index is 9.27. The average molecular weight is 194 g/mol. The molecular formula is C10H14N2O2. The zero-order chi connectivity index (χ0) is 9.97. The van der Waals surface area contributed by atoms with Crippen LogP contribution in [0.3, 0.4) is 0 Å². The quantitative estimate of drug-likeness (QED) is 0.513. The molecule has 1 aliphatic heterocycles. The lowest BCUT2D eigenvalue weighted by Gasteiger charge is -2.29. The van der Waals surface area contributed by atoms with Gasteiger partial charge in [-0.2, -0.15) is 0 Å². The molecule has 4 nitrogen and oxygen atoms in total. The van der Waals surface area contributed by atoms with E-state index < -0.39 is 0 Å². The lowest BCUT2D eigenvalue weighted by atomic mass is 10.2. The van der Waals surface area contributed by atoms with Gasteiger partial charge in [-0.1, -0.05) is 0 Å². The highest BCUT2D eigenvalue weighted by molar-refractivity contribution is 5.62. The largest absolute Gasteiger partial charge is 0.506 e. The molecule has 1 fully saturated rings. The number of nitrogens with two attached hydrogens (primary N) is 1. The van der Waals surface area contributed by atoms with Crippen LogP contribution in [0.25, 0.3) is 0 Å². The van der Waals surface area contributed by atoms with Gasteiger partial charge in [-0.25, -0.2) is 0 Å². The smallest absolute Gasteiger partial charge is 0.138 e. The molecule has 0 bridgehead atoms. The molecule has 2 rings (SSSR count). The monoisotopic (exact) mass is 194 g/mol. The number of benzene rings is 1. The fourth-order valence-electron chi connectivity index (χ4n) is 1.56. The SMILES string of the molecule is Nc1cc(N2CCOCC2)ccc1O. The van der Waals surface area contributed by atoms with Gasteiger partial charge in [-0.15, -0.1) is 0 Å². The maximum Gasteiger partial charge on any atom is 0.138 e. The van der Waals surface area contributed by atoms with Crippen LogP contribution in [0.5, 0.6) is 5.75 Å². The second kappa shape index (κ2) is 3.75. The van der Waals surface area contributed by atoms with Crippen LogP contribution in [0.1, 0.15) is 0 Å². The van der Waals surface area contributed by atoms with E-state index in [-0.39, 0.29) is 5.75 Å². The molecule has 0 saturated carbocycles. The van der Waals surface area contributed by atoms with E-state index in [2.05, 4.69) is 4.90 Å². The number of phenolic OH excluding ortho intramolecular Hbond substituents is 1. The molecule has 1 aromatic carbocycles. The summed E-state index contributed by atoms with van der Waals surface area (Å²) in [6, 6.07) is 5.29. The van der Waals surface area contributed by atoms with Crippen LogP contribution in [-0.2, 0) is 4.74 Å². The van der Waals surface area contributed by atoms with E-state index in [9.17, 15) is 5.11 Å². The van der Waals surface area contributed by atoms with E-state index in [1.165, 1.54) is 0 Å². The molecule has 1 saturated heterocycles. The number of aromatic hydroxyl groups is 1. The minimum absolute atomic E-state index is 0.141. The van der Waals surface area contributed by atoms with E-state index in [1.54, 1.807) is 12.1 Å². The van der Waals surface area contributed by atoms with E-state index >= 15 is 0 Å². The van der Waals surface area contributed by atoms with Crippen molar-refractivity contribution in [1.29, 1.82) is 0 Å². The van der Waals surface area contributed by atoms with Crippen molar-refractivity contribution in [3.63, 3.8) is 0 Å². The van der Waals surface area contributed by atoms with Gasteiger partial charge >= 0.3 is 0 Å². The molecule has 14 heavy (non-hydrogen) atoms. The van der Waals surface area contributed by atoms with Crippen LogP contribution in [-0.4, -0.2) is 31.4 Å². The molecular weight excluding hydrogens is 180 g/mol. The Kier molecular flexibility index (Phi) is 2.45. The zero-order valence-corrected chi connectivity index (χ0v) is 7.94. The van der Waals surface area contributed by atoms with Crippen LogP contribution in [0.15, 0.2) is 18.2 Å². The predicted molar refractivity (Wildman–Crippen MR) is 55.6 cm³/mol. The van der Waals surface area contributed by atoms with E-state index in [0.717, 1.165) is 32.0 Å². The number of rotatable bonds is 1. The molecule has 1 aliphatic rings. The van der Waals surface area contributed by atoms with Gasteiger partial charge in [-0.05, 0) is 18.2 Å². The highest BCUT2D eigenvalue weighted by atomic mass is 16.5. The Morgan fingerprint density at radius 2 is 2.00 bits per heavy atom. The first-order chi connectivity index (χ1) is 6.77. The second-order valence-electron chi connectivity index (χ2n) is 3.34. The summed E-state index contributed by atoms with van der Waals surface area (Å²) < 4.78 is 5.25. The van der Waals surface area contributed by atoms with Crippen LogP contribution >= 0.6 is 0 Å². The van der Waals surface area contributed by atoms with Crippen molar-refractivity contribution in [1.82, 2.24) is 0 Å². The van der Waals surface area contributed by atoms with E-state index in [1.807, 2.05) is 6.07 Å². The zero-order valence-electron chi connectivity index (χ0n) is 7.94. The van der Waals surface area contributed by atoms with Gasteiger partial charge in [0.1, 0.15) is 5.75 Å². The molecule has 1 aromatic rings. The van der Waals surface area contributed by atoms with Crippen molar-refractivity contribution < 1.29 is 9.84 Å². The summed E-state index contributed by atoms with van der Waals surface area (Å²) in [6.07, 6.45) is 0. The Balaban J connectivity index is 2.18. The summed E-state index contributed by atoms with van der Waals surface area (Å²) >= 11 is 0. The molecule has 76 valence electrons. The number of morpholine rings is 1. The Morgan fingerprint density at radius 1 is 1.29 bits per heavy atom. The summed E-state index contributed by atoms with van der Waals surface area (Å²) in [4.78, 5) is 2.19. The van der Waals surface area contributed by atoms with E-state index in [4.69, 9.17) is 10.5 Å². The van der Waals surface area contributed by atoms with Crippen molar-refractivity contribution in [3.05, 3.63) is 18.2 Å². The lowest BCUT2D eigenvalue weighted by Crippen LogP contribution is -2.36. The van der Waals surface area contributed by atoms with Gasteiger partial charge in [0.15, 0.2) is 0 Å². The Morgan fingerprint density at radius 3 is 2.64 bits per heavy atom. The minimum Gasteiger partial charge on any atom is -0.506 e. The fraction of sp³-hybridized carbons (Fsp3) is 0.400. The Hall–Kier alpha value is -1.42. The molecule has 0 amide bonds. The maximum absolute atomic E-state index is 9.27. The number of anilines is 2. The number of nitrogens with zero attached hydrogens (tertiary/aromatic N) is 1. The van der Waals surface area contributed by atoms with Crippen molar-refractivity contribution in [2.24, 2.45) is 0 Å². The Labute approximate surface area is 82.9 Å². The predicted octanol–water partition coefficient (Wildman–Crippen LogP) is 0.811. The molecule has 0 unspecified atom stereocenters. The third kappa shape index (κ3) is 1.75. The first kappa shape index (κ1) is 9.15. The lowest BCUT2D eigenvalue weighted by molar-refractivity contribution is 0.122. The Bertz CT molecular complexity index is 322. The van der Waals surface area contributed by atoms with Gasteiger partial charge in [0.05, 0.1) is 18.9 Å². The highest BCUT2D eigenvalue weighted by Crippen LogP contribution is 2.26. The molecule has 0 radical (unpaired) electrons. The number of ether oxygens (including phenoxy) is 1. The third-order valence-electron chi connectivity index (χ3n) is 2.39. The first-order valence-corrected chi connectivity index (χ1v) is 4.68. The van der Waals surface area contributed by atoms with Crippen molar-refractivity contribution >= 4 is 11.4 Å². The van der Waals surface area contributed by atoms with Crippen LogP contribution in [0.2, 0.25) is 0 Å². The summed E-state index contributed by atoms with van der Waals surface area (Å²) in [6.45, 7) is 3.26. The van der Waals surface area contributed by atoms with Crippen LogP contribution in [0, 0.1) is 0 Å². The molecule has 0 aromatic heterocycles. The highest BCUT2D eigenvalue weighted by Gasteiger charge is 2.11. The topological polar surface area (TPSA) is 58.7 Å². The standard InChI is InChI=1S/C10H14N2O2/c11-9-7-8(1-2-10(9)13)12-3-5-14-6-4-12/h1-2,7,13H,3-6,11H2.